The summed E-state index contributed by atoms with van der Waals surface area (Å²) in [5.74, 6) is -0.817. The second kappa shape index (κ2) is 6.26. The molecule has 6 heteroatoms. The molecule has 134 valence electrons. The van der Waals surface area contributed by atoms with Gasteiger partial charge < -0.3 is 14.8 Å². The van der Waals surface area contributed by atoms with E-state index in [2.05, 4.69) is 5.32 Å². The van der Waals surface area contributed by atoms with Gasteiger partial charge in [0, 0.05) is 17.5 Å². The zero-order valence-electron chi connectivity index (χ0n) is 14.4. The van der Waals surface area contributed by atoms with E-state index in [-0.39, 0.29) is 24.3 Å². The number of aliphatic hydroxyl groups is 1. The van der Waals surface area contributed by atoms with Crippen LogP contribution in [-0.4, -0.2) is 17.6 Å². The third-order valence-electron chi connectivity index (χ3n) is 4.72. The second-order valence-electron chi connectivity index (χ2n) is 6.93. The number of halogens is 2. The Hall–Kier alpha value is -2.21. The van der Waals surface area contributed by atoms with Crippen LogP contribution < -0.4 is 5.32 Å². The number of hydrogen-bond donors (Lipinski definition) is 2. The molecule has 0 saturated heterocycles. The summed E-state index contributed by atoms with van der Waals surface area (Å²) in [6.07, 6.45) is 0.514. The van der Waals surface area contributed by atoms with Crippen LogP contribution in [0.3, 0.4) is 0 Å². The lowest BCUT2D eigenvalue weighted by molar-refractivity contribution is -0.123. The normalized spacial score (nSPS) is 21.7. The fourth-order valence-corrected chi connectivity index (χ4v) is 3.28. The van der Waals surface area contributed by atoms with Crippen molar-refractivity contribution in [1.29, 1.82) is 0 Å². The summed E-state index contributed by atoms with van der Waals surface area (Å²) in [6, 6.07) is 5.16. The van der Waals surface area contributed by atoms with Gasteiger partial charge in [0.25, 0.3) is 0 Å². The van der Waals surface area contributed by atoms with Gasteiger partial charge >= 0.3 is 0 Å². The Bertz CT molecular complexity index is 813. The Morgan fingerprint density at radius 1 is 1.36 bits per heavy atom. The van der Waals surface area contributed by atoms with Crippen LogP contribution in [0.5, 0.6) is 0 Å². The average Bonchev–Trinajstić information content (AvgIpc) is 3.23. The third kappa shape index (κ3) is 3.58. The predicted molar refractivity (Wildman–Crippen MR) is 88.0 cm³/mol. The van der Waals surface area contributed by atoms with Crippen LogP contribution in [0.25, 0.3) is 0 Å². The van der Waals surface area contributed by atoms with Crippen molar-refractivity contribution in [2.24, 2.45) is 5.92 Å². The summed E-state index contributed by atoms with van der Waals surface area (Å²) >= 11 is 0. The second-order valence-corrected chi connectivity index (χ2v) is 6.93. The third-order valence-corrected chi connectivity index (χ3v) is 4.72. The Labute approximate surface area is 144 Å². The first-order valence-corrected chi connectivity index (χ1v) is 8.21. The number of carbonyl (C=O) groups is 1. The fraction of sp³-hybridized carbons (Fsp3) is 0.421. The van der Waals surface area contributed by atoms with E-state index in [1.54, 1.807) is 26.8 Å². The maximum Gasteiger partial charge on any atom is 0.223 e. The molecule has 1 amide bonds. The summed E-state index contributed by atoms with van der Waals surface area (Å²) in [5.41, 5.74) is -0.278. The van der Waals surface area contributed by atoms with E-state index in [0.717, 1.165) is 6.07 Å². The summed E-state index contributed by atoms with van der Waals surface area (Å²) in [4.78, 5) is 12.3. The van der Waals surface area contributed by atoms with E-state index in [9.17, 15) is 18.7 Å². The van der Waals surface area contributed by atoms with Crippen molar-refractivity contribution in [3.05, 3.63) is 58.5 Å². The van der Waals surface area contributed by atoms with Gasteiger partial charge in [0.2, 0.25) is 5.91 Å². The van der Waals surface area contributed by atoms with Crippen molar-refractivity contribution >= 4 is 5.91 Å². The molecular weight excluding hydrogens is 328 g/mol. The molecule has 1 aliphatic carbocycles. The zero-order valence-corrected chi connectivity index (χ0v) is 14.4. The van der Waals surface area contributed by atoms with E-state index in [1.807, 2.05) is 0 Å². The Kier molecular flexibility index (Phi) is 4.41. The molecule has 3 unspecified atom stereocenters. The van der Waals surface area contributed by atoms with Gasteiger partial charge in [-0.25, -0.2) is 8.78 Å². The number of amides is 1. The summed E-state index contributed by atoms with van der Waals surface area (Å²) in [7, 11) is 0. The molecular formula is C19H21F2NO3. The van der Waals surface area contributed by atoms with E-state index >= 15 is 0 Å². The van der Waals surface area contributed by atoms with Gasteiger partial charge in [0.15, 0.2) is 0 Å². The quantitative estimate of drug-likeness (QED) is 0.871. The molecule has 3 rings (SSSR count). The highest BCUT2D eigenvalue weighted by atomic mass is 19.1. The molecule has 1 heterocycles. The maximum absolute atomic E-state index is 13.8. The Balaban J connectivity index is 1.61. The first kappa shape index (κ1) is 17.6. The number of aryl methyl sites for hydroxylation is 2. The van der Waals surface area contributed by atoms with Crippen LogP contribution in [0.15, 0.2) is 28.7 Å². The smallest absolute Gasteiger partial charge is 0.223 e. The lowest BCUT2D eigenvalue weighted by Gasteiger charge is -2.23. The minimum Gasteiger partial charge on any atom is -0.466 e. The molecule has 0 radical (unpaired) electrons. The molecule has 1 aromatic heterocycles. The average molecular weight is 349 g/mol. The van der Waals surface area contributed by atoms with Gasteiger partial charge in [-0.1, -0.05) is 6.07 Å². The van der Waals surface area contributed by atoms with Crippen molar-refractivity contribution in [3.8, 4) is 0 Å². The first-order valence-electron chi connectivity index (χ1n) is 8.21. The van der Waals surface area contributed by atoms with Crippen molar-refractivity contribution in [1.82, 2.24) is 5.32 Å². The molecule has 0 bridgehead atoms. The molecule has 25 heavy (non-hydrogen) atoms. The highest BCUT2D eigenvalue weighted by molar-refractivity contribution is 5.83. The minimum atomic E-state index is -1.26. The van der Waals surface area contributed by atoms with Crippen molar-refractivity contribution in [2.45, 2.75) is 38.7 Å². The van der Waals surface area contributed by atoms with E-state index in [0.29, 0.717) is 29.1 Å². The van der Waals surface area contributed by atoms with Crippen LogP contribution >= 0.6 is 0 Å². The largest absolute Gasteiger partial charge is 0.466 e. The lowest BCUT2D eigenvalue weighted by Crippen LogP contribution is -2.39. The van der Waals surface area contributed by atoms with Crippen LogP contribution in [0.4, 0.5) is 8.78 Å². The summed E-state index contributed by atoms with van der Waals surface area (Å²) < 4.78 is 32.2. The number of furan rings is 1. The summed E-state index contributed by atoms with van der Waals surface area (Å²) in [6.45, 7) is 5.18. The standard InChI is InChI=1S/C19H21F2NO3/c1-10-6-16(11(2)25-10)19(3,24)9-22-18(23)15-8-14(15)13-5-4-12(20)7-17(13)21/h4-7,14-15,24H,8-9H2,1-3H3,(H,22,23). The van der Waals surface area contributed by atoms with Crippen LogP contribution in [0.2, 0.25) is 0 Å². The number of carbonyl (C=O) groups excluding carboxylic acids is 1. The topological polar surface area (TPSA) is 62.5 Å². The zero-order chi connectivity index (χ0) is 18.4. The number of benzene rings is 1. The van der Waals surface area contributed by atoms with Gasteiger partial charge in [-0.3, -0.25) is 4.79 Å². The molecule has 1 aromatic carbocycles. The molecule has 1 saturated carbocycles. The van der Waals surface area contributed by atoms with Gasteiger partial charge in [0.05, 0.1) is 6.54 Å². The highest BCUT2D eigenvalue weighted by Gasteiger charge is 2.45. The van der Waals surface area contributed by atoms with Gasteiger partial charge in [0.1, 0.15) is 28.8 Å². The summed E-state index contributed by atoms with van der Waals surface area (Å²) in [5, 5.41) is 13.3. The molecule has 3 atom stereocenters. The van der Waals surface area contributed by atoms with Crippen molar-refractivity contribution < 1.29 is 23.1 Å². The Morgan fingerprint density at radius 3 is 2.68 bits per heavy atom. The SMILES string of the molecule is Cc1cc(C(C)(O)CNC(=O)C2CC2c2ccc(F)cc2F)c(C)o1. The van der Waals surface area contributed by atoms with Gasteiger partial charge in [-0.05, 0) is 50.8 Å². The van der Waals surface area contributed by atoms with Gasteiger partial charge in [-0.15, -0.1) is 0 Å². The van der Waals surface area contributed by atoms with Crippen LogP contribution in [0, 0.1) is 31.4 Å². The van der Waals surface area contributed by atoms with Crippen LogP contribution in [-0.2, 0) is 10.4 Å². The van der Waals surface area contributed by atoms with Crippen LogP contribution in [0.1, 0.15) is 41.9 Å². The molecule has 0 spiro atoms. The lowest BCUT2D eigenvalue weighted by atomic mass is 9.96. The predicted octanol–water partition coefficient (Wildman–Crippen LogP) is 3.30. The molecule has 1 aliphatic rings. The maximum atomic E-state index is 13.8. The Morgan fingerprint density at radius 2 is 2.08 bits per heavy atom. The number of nitrogens with one attached hydrogen (secondary N) is 1. The highest BCUT2D eigenvalue weighted by Crippen LogP contribution is 2.48. The van der Waals surface area contributed by atoms with Gasteiger partial charge in [-0.2, -0.15) is 0 Å². The van der Waals surface area contributed by atoms with E-state index in [4.69, 9.17) is 4.42 Å². The van der Waals surface area contributed by atoms with E-state index < -0.39 is 17.2 Å². The molecule has 0 aliphatic heterocycles. The molecule has 2 N–H and O–H groups in total. The monoisotopic (exact) mass is 349 g/mol. The molecule has 2 aromatic rings. The van der Waals surface area contributed by atoms with E-state index in [1.165, 1.54) is 12.1 Å². The molecule has 4 nitrogen and oxygen atoms in total. The number of rotatable bonds is 5. The number of hydrogen-bond acceptors (Lipinski definition) is 3. The molecule has 1 fully saturated rings. The van der Waals surface area contributed by atoms with Crippen molar-refractivity contribution in [2.75, 3.05) is 6.54 Å². The fourth-order valence-electron chi connectivity index (χ4n) is 3.28. The van der Waals surface area contributed by atoms with Crippen molar-refractivity contribution in [3.63, 3.8) is 0 Å². The first-order chi connectivity index (χ1) is 11.7. The minimum absolute atomic E-state index is 0.0285.